The van der Waals surface area contributed by atoms with E-state index >= 15 is 0 Å². The molecule has 3 aromatic rings. The molecule has 26 heavy (non-hydrogen) atoms. The summed E-state index contributed by atoms with van der Waals surface area (Å²) in [6, 6.07) is 7.90. The van der Waals surface area contributed by atoms with Crippen LogP contribution in [0, 0.1) is 0 Å². The van der Waals surface area contributed by atoms with Gasteiger partial charge in [0.25, 0.3) is 5.91 Å². The van der Waals surface area contributed by atoms with E-state index in [-0.39, 0.29) is 5.91 Å². The molecule has 0 radical (unpaired) electrons. The Balaban J connectivity index is 1.45. The summed E-state index contributed by atoms with van der Waals surface area (Å²) in [4.78, 5) is 19.3. The number of benzene rings is 1. The fourth-order valence-corrected chi connectivity index (χ4v) is 4.34. The van der Waals surface area contributed by atoms with Gasteiger partial charge in [0.1, 0.15) is 5.76 Å². The van der Waals surface area contributed by atoms with E-state index < -0.39 is 0 Å². The highest BCUT2D eigenvalue weighted by molar-refractivity contribution is 7.16. The van der Waals surface area contributed by atoms with Crippen LogP contribution in [0.4, 0.5) is 0 Å². The van der Waals surface area contributed by atoms with Crippen LogP contribution in [-0.2, 0) is 19.5 Å². The lowest BCUT2D eigenvalue weighted by molar-refractivity contribution is 0.0921. The van der Waals surface area contributed by atoms with Gasteiger partial charge in [-0.25, -0.2) is 4.98 Å². The second-order valence-electron chi connectivity index (χ2n) is 6.70. The van der Waals surface area contributed by atoms with Crippen molar-refractivity contribution >= 4 is 27.5 Å². The second-order valence-corrected chi connectivity index (χ2v) is 7.55. The van der Waals surface area contributed by atoms with Crippen LogP contribution in [0.1, 0.15) is 47.2 Å². The molecule has 2 aromatic heterocycles. The molecule has 6 heteroatoms. The van der Waals surface area contributed by atoms with Crippen molar-refractivity contribution in [3.05, 3.63) is 52.4 Å². The van der Waals surface area contributed by atoms with E-state index in [1.807, 2.05) is 29.8 Å². The first-order valence-corrected chi connectivity index (χ1v) is 10.1. The lowest BCUT2D eigenvalue weighted by atomic mass is 10.2. The monoisotopic (exact) mass is 369 g/mol. The normalized spacial score (nSPS) is 15.0. The van der Waals surface area contributed by atoms with Crippen LogP contribution in [0.25, 0.3) is 10.2 Å². The quantitative estimate of drug-likeness (QED) is 0.714. The molecule has 1 saturated heterocycles. The Labute approximate surface area is 157 Å². The first kappa shape index (κ1) is 17.2. The highest BCUT2D eigenvalue weighted by Gasteiger charge is 2.19. The number of carbonyl (C=O) groups excluding carboxylic acids is 1. The summed E-state index contributed by atoms with van der Waals surface area (Å²) in [5.74, 6) is 1.17. The van der Waals surface area contributed by atoms with Crippen molar-refractivity contribution in [3.8, 4) is 0 Å². The second kappa shape index (κ2) is 7.60. The summed E-state index contributed by atoms with van der Waals surface area (Å²) in [5, 5.41) is 2.99. The number of aromatic nitrogens is 1. The summed E-state index contributed by atoms with van der Waals surface area (Å²) in [7, 11) is 0. The van der Waals surface area contributed by atoms with Gasteiger partial charge in [0.05, 0.1) is 15.7 Å². The van der Waals surface area contributed by atoms with Gasteiger partial charge in [-0.05, 0) is 43.6 Å². The zero-order valence-electron chi connectivity index (χ0n) is 15.0. The van der Waals surface area contributed by atoms with Crippen LogP contribution in [0.2, 0.25) is 0 Å². The van der Waals surface area contributed by atoms with Crippen LogP contribution in [0.3, 0.4) is 0 Å². The molecule has 1 amide bonds. The molecule has 0 unspecified atom stereocenters. The molecule has 1 aliphatic heterocycles. The maximum atomic E-state index is 12.6. The van der Waals surface area contributed by atoms with Gasteiger partial charge in [0, 0.05) is 25.1 Å². The summed E-state index contributed by atoms with van der Waals surface area (Å²) in [6.07, 6.45) is 3.32. The number of hydrogen-bond acceptors (Lipinski definition) is 5. The van der Waals surface area contributed by atoms with Gasteiger partial charge in [-0.15, -0.1) is 11.3 Å². The van der Waals surface area contributed by atoms with Crippen LogP contribution in [-0.4, -0.2) is 28.9 Å². The zero-order chi connectivity index (χ0) is 17.9. The van der Waals surface area contributed by atoms with Gasteiger partial charge in [-0.3, -0.25) is 9.69 Å². The summed E-state index contributed by atoms with van der Waals surface area (Å²) in [6.45, 7) is 5.68. The third-order valence-electron chi connectivity index (χ3n) is 4.91. The number of fused-ring (bicyclic) bond motifs is 1. The summed E-state index contributed by atoms with van der Waals surface area (Å²) in [5.41, 5.74) is 5.03. The van der Waals surface area contributed by atoms with Gasteiger partial charge in [-0.1, -0.05) is 19.1 Å². The molecule has 136 valence electrons. The van der Waals surface area contributed by atoms with E-state index in [1.165, 1.54) is 12.8 Å². The van der Waals surface area contributed by atoms with Crippen LogP contribution < -0.4 is 5.32 Å². The Morgan fingerprint density at radius 3 is 2.96 bits per heavy atom. The number of rotatable bonds is 6. The van der Waals surface area contributed by atoms with Crippen LogP contribution >= 0.6 is 11.3 Å². The van der Waals surface area contributed by atoms with Gasteiger partial charge in [0.15, 0.2) is 5.76 Å². The van der Waals surface area contributed by atoms with E-state index in [4.69, 9.17) is 4.42 Å². The molecular weight excluding hydrogens is 346 g/mol. The van der Waals surface area contributed by atoms with Crippen molar-refractivity contribution in [1.82, 2.24) is 15.2 Å². The minimum atomic E-state index is -0.158. The molecule has 1 N–H and O–H groups in total. The van der Waals surface area contributed by atoms with Crippen molar-refractivity contribution < 1.29 is 9.21 Å². The van der Waals surface area contributed by atoms with Crippen LogP contribution in [0.5, 0.6) is 0 Å². The standard InChI is InChI=1S/C20H23N3O2S/c1-2-17-15(12-23-8-3-4-9-23)10-18(25-17)20(24)21-11-14-6-5-7-16-19(14)26-13-22-16/h5-7,10,13H,2-4,8-9,11-12H2,1H3,(H,21,24). The minimum absolute atomic E-state index is 0.158. The number of thiazole rings is 1. The SMILES string of the molecule is CCc1oc(C(=O)NCc2cccc3ncsc23)cc1CN1CCCC1. The fourth-order valence-electron chi connectivity index (χ4n) is 3.54. The van der Waals surface area contributed by atoms with Crippen molar-refractivity contribution in [1.29, 1.82) is 0 Å². The van der Waals surface area contributed by atoms with E-state index in [0.29, 0.717) is 12.3 Å². The molecule has 3 heterocycles. The fraction of sp³-hybridized carbons (Fsp3) is 0.400. The van der Waals surface area contributed by atoms with Gasteiger partial charge in [0.2, 0.25) is 0 Å². The Kier molecular flexibility index (Phi) is 5.04. The zero-order valence-corrected chi connectivity index (χ0v) is 15.8. The number of likely N-dealkylation sites (tertiary alicyclic amines) is 1. The molecule has 1 fully saturated rings. The van der Waals surface area contributed by atoms with Gasteiger partial charge < -0.3 is 9.73 Å². The van der Waals surface area contributed by atoms with Gasteiger partial charge >= 0.3 is 0 Å². The molecule has 0 saturated carbocycles. The molecule has 0 atom stereocenters. The Morgan fingerprint density at radius 1 is 1.31 bits per heavy atom. The lowest BCUT2D eigenvalue weighted by Gasteiger charge is -2.13. The number of hydrogen-bond donors (Lipinski definition) is 1. The highest BCUT2D eigenvalue weighted by atomic mass is 32.1. The molecular formula is C20H23N3O2S. The number of carbonyl (C=O) groups is 1. The number of furan rings is 1. The molecule has 4 rings (SSSR count). The van der Waals surface area contributed by atoms with E-state index in [2.05, 4.69) is 22.1 Å². The van der Waals surface area contributed by atoms with Crippen molar-refractivity contribution in [2.45, 2.75) is 39.3 Å². The molecule has 1 aromatic carbocycles. The smallest absolute Gasteiger partial charge is 0.287 e. The number of amides is 1. The topological polar surface area (TPSA) is 58.4 Å². The first-order chi connectivity index (χ1) is 12.7. The number of nitrogens with one attached hydrogen (secondary N) is 1. The highest BCUT2D eigenvalue weighted by Crippen LogP contribution is 2.23. The number of nitrogens with zero attached hydrogens (tertiary/aromatic N) is 2. The van der Waals surface area contributed by atoms with Crippen molar-refractivity contribution in [2.75, 3.05) is 13.1 Å². The average molecular weight is 369 g/mol. The maximum Gasteiger partial charge on any atom is 0.287 e. The largest absolute Gasteiger partial charge is 0.456 e. The Bertz CT molecular complexity index is 909. The van der Waals surface area contributed by atoms with Crippen LogP contribution in [0.15, 0.2) is 34.2 Å². The summed E-state index contributed by atoms with van der Waals surface area (Å²) >= 11 is 1.60. The van der Waals surface area contributed by atoms with Crippen molar-refractivity contribution in [3.63, 3.8) is 0 Å². The Hall–Kier alpha value is -2.18. The van der Waals surface area contributed by atoms with E-state index in [0.717, 1.165) is 53.2 Å². The summed E-state index contributed by atoms with van der Waals surface area (Å²) < 4.78 is 6.97. The maximum absolute atomic E-state index is 12.6. The van der Waals surface area contributed by atoms with Gasteiger partial charge in [-0.2, -0.15) is 0 Å². The average Bonchev–Trinajstić information content (AvgIpc) is 3.40. The molecule has 5 nitrogen and oxygen atoms in total. The third kappa shape index (κ3) is 3.52. The van der Waals surface area contributed by atoms with E-state index in [1.54, 1.807) is 11.3 Å². The minimum Gasteiger partial charge on any atom is -0.456 e. The molecule has 0 spiro atoms. The van der Waals surface area contributed by atoms with E-state index in [9.17, 15) is 4.79 Å². The molecule has 0 aliphatic carbocycles. The predicted octanol–water partition coefficient (Wildman–Crippen LogP) is 3.98. The molecule has 0 bridgehead atoms. The third-order valence-corrected chi connectivity index (χ3v) is 5.83. The first-order valence-electron chi connectivity index (χ1n) is 9.18. The predicted molar refractivity (Wildman–Crippen MR) is 103 cm³/mol. The lowest BCUT2D eigenvalue weighted by Crippen LogP contribution is -2.22. The Morgan fingerprint density at radius 2 is 2.15 bits per heavy atom. The number of aryl methyl sites for hydroxylation is 1. The molecule has 1 aliphatic rings. The van der Waals surface area contributed by atoms with Crippen molar-refractivity contribution in [2.24, 2.45) is 0 Å².